The number of rotatable bonds is 10. The molecule has 2 fully saturated rings. The summed E-state index contributed by atoms with van der Waals surface area (Å²) in [4.78, 5) is 26.1. The Kier molecular flexibility index (Phi) is 14.3. The van der Waals surface area contributed by atoms with Gasteiger partial charge in [-0.3, -0.25) is 14.9 Å². The summed E-state index contributed by atoms with van der Waals surface area (Å²) >= 11 is 0. The van der Waals surface area contributed by atoms with Crippen LogP contribution in [-0.4, -0.2) is 69.6 Å². The summed E-state index contributed by atoms with van der Waals surface area (Å²) < 4.78 is 13.1. The molecule has 1 aliphatic heterocycles. The minimum absolute atomic E-state index is 0.00974. The third kappa shape index (κ3) is 9.97. The molecular formula is C46H56N2O8S2. The molecule has 1 saturated heterocycles. The molecule has 0 spiro atoms. The minimum Gasteiger partial charge on any atom is -0.508 e. The van der Waals surface area contributed by atoms with E-state index in [0.717, 1.165) is 64.3 Å². The highest BCUT2D eigenvalue weighted by Gasteiger charge is 2.35. The Morgan fingerprint density at radius 3 is 2.55 bits per heavy atom. The van der Waals surface area contributed by atoms with Gasteiger partial charge in [-0.1, -0.05) is 71.2 Å². The molecule has 10 nitrogen and oxygen atoms in total. The van der Waals surface area contributed by atoms with Crippen molar-refractivity contribution in [3.05, 3.63) is 82.9 Å². The Balaban J connectivity index is 1.32. The average Bonchev–Trinajstić information content (AvgIpc) is 3.31. The van der Waals surface area contributed by atoms with E-state index < -0.39 is 18.4 Å². The first kappa shape index (κ1) is 42.3. The summed E-state index contributed by atoms with van der Waals surface area (Å²) in [5, 5.41) is 52.6. The predicted octanol–water partition coefficient (Wildman–Crippen LogP) is 8.92. The normalized spacial score (nSPS) is 22.6. The number of ether oxygens (including phenoxy) is 2. The van der Waals surface area contributed by atoms with Crippen LogP contribution in [0.2, 0.25) is 0 Å². The Bertz CT molecular complexity index is 2090. The first-order chi connectivity index (χ1) is 28.1. The van der Waals surface area contributed by atoms with E-state index in [9.17, 15) is 30.0 Å². The number of phenols is 2. The number of aryl methyl sites for hydroxylation is 1. The first-order valence-electron chi connectivity index (χ1n) is 20.6. The smallest absolute Gasteiger partial charge is 0.168 e. The van der Waals surface area contributed by atoms with E-state index in [0.29, 0.717) is 48.4 Å². The van der Waals surface area contributed by atoms with Crippen molar-refractivity contribution in [1.82, 2.24) is 5.32 Å². The molecule has 2 bridgehead atoms. The van der Waals surface area contributed by atoms with Crippen molar-refractivity contribution in [3.8, 4) is 28.4 Å². The second kappa shape index (κ2) is 19.5. The number of hydrogen-bond acceptors (Lipinski definition) is 12. The second-order valence-electron chi connectivity index (χ2n) is 16.1. The summed E-state index contributed by atoms with van der Waals surface area (Å²) in [6, 6.07) is 19.0. The van der Waals surface area contributed by atoms with Crippen LogP contribution >= 0.6 is 21.6 Å². The fourth-order valence-corrected chi connectivity index (χ4v) is 11.9. The number of aromatic hydroxyl groups is 2. The third-order valence-electron chi connectivity index (χ3n) is 11.9. The molecule has 0 aromatic heterocycles. The molecule has 2 aliphatic carbocycles. The number of hydrogen-bond donors (Lipinski definition) is 6. The quantitative estimate of drug-likeness (QED) is 0.0668. The highest BCUT2D eigenvalue weighted by molar-refractivity contribution is 8.76. The van der Waals surface area contributed by atoms with Gasteiger partial charge in [-0.15, -0.1) is 0 Å². The molecular weight excluding hydrogens is 773 g/mol. The topological polar surface area (TPSA) is 158 Å². The molecule has 7 rings (SSSR count). The Hall–Kier alpha value is -3.78. The van der Waals surface area contributed by atoms with Gasteiger partial charge in [-0.2, -0.15) is 0 Å². The molecule has 0 amide bonds. The van der Waals surface area contributed by atoms with E-state index >= 15 is 0 Å². The number of aliphatic hydroxyl groups is 2. The van der Waals surface area contributed by atoms with Crippen molar-refractivity contribution in [3.63, 3.8) is 0 Å². The van der Waals surface area contributed by atoms with Crippen LogP contribution in [0.15, 0.2) is 60.7 Å². The number of ketones is 2. The van der Waals surface area contributed by atoms with Gasteiger partial charge in [0.15, 0.2) is 11.5 Å². The maximum absolute atomic E-state index is 14.3. The number of fused-ring (bicyclic) bond motifs is 9. The minimum atomic E-state index is -0.624. The number of methoxy groups -OCH3 is 1. The fraction of sp³-hybridized carbons (Fsp3) is 0.478. The van der Waals surface area contributed by atoms with Crippen LogP contribution in [0, 0.1) is 5.92 Å². The molecule has 58 heavy (non-hydrogen) atoms. The number of phenolic OH excluding ortho intramolecular Hbond substituents is 2. The van der Waals surface area contributed by atoms with E-state index in [1.54, 1.807) is 40.8 Å². The molecule has 5 atom stereocenters. The van der Waals surface area contributed by atoms with Crippen LogP contribution < -0.4 is 15.4 Å². The van der Waals surface area contributed by atoms with E-state index in [1.807, 2.05) is 42.5 Å². The van der Waals surface area contributed by atoms with Gasteiger partial charge in [-0.05, 0) is 115 Å². The maximum atomic E-state index is 14.3. The van der Waals surface area contributed by atoms with Crippen molar-refractivity contribution >= 4 is 49.6 Å². The van der Waals surface area contributed by atoms with Crippen LogP contribution in [0.4, 0.5) is 5.69 Å². The van der Waals surface area contributed by atoms with Crippen molar-refractivity contribution in [2.45, 2.75) is 114 Å². The van der Waals surface area contributed by atoms with E-state index in [2.05, 4.69) is 16.7 Å². The molecule has 1 heterocycles. The molecule has 310 valence electrons. The molecule has 0 radical (unpaired) electrons. The number of nitrogens with one attached hydrogen (secondary N) is 2. The van der Waals surface area contributed by atoms with Crippen molar-refractivity contribution in [2.75, 3.05) is 24.7 Å². The van der Waals surface area contributed by atoms with Gasteiger partial charge in [0.05, 0.1) is 32.5 Å². The zero-order valence-corrected chi connectivity index (χ0v) is 35.0. The van der Waals surface area contributed by atoms with Gasteiger partial charge in [0.1, 0.15) is 23.5 Å². The Morgan fingerprint density at radius 1 is 0.966 bits per heavy atom. The summed E-state index contributed by atoms with van der Waals surface area (Å²) in [5.74, 6) is 0.859. The lowest BCUT2D eigenvalue weighted by Gasteiger charge is -2.35. The molecule has 4 aromatic rings. The molecule has 6 N–H and O–H groups in total. The lowest BCUT2D eigenvalue weighted by Crippen LogP contribution is -2.40. The number of carbonyl (C=O) groups is 2. The van der Waals surface area contributed by atoms with Gasteiger partial charge >= 0.3 is 0 Å². The zero-order valence-electron chi connectivity index (χ0n) is 33.4. The number of benzene rings is 4. The van der Waals surface area contributed by atoms with Crippen LogP contribution in [-0.2, 0) is 27.4 Å². The van der Waals surface area contributed by atoms with Crippen LogP contribution in [0.1, 0.15) is 105 Å². The monoisotopic (exact) mass is 828 g/mol. The van der Waals surface area contributed by atoms with Crippen LogP contribution in [0.5, 0.6) is 17.2 Å². The van der Waals surface area contributed by atoms with Gasteiger partial charge in [0.25, 0.3) is 0 Å². The standard InChI is InChI=1S/C46H56N2O8S2/c1-27(50)24-47-39-17-11-31(20-32(39)25-49)46(48-33-6-4-3-5-7-33)56-41-23-35(52)15-9-29-12-18-40(54)45(55-2)43(29)37-16-10-28-8-14-34(51)22-38(28)44(37)42-19-13-30(41)21-36(53)26-57-58-42/h8,10-12,14,16-18,20,22,30,33,36,41-42,46-49,51,53-54H,3-7,9,13,15,19,21,23-26H2,1-2H3. The highest BCUT2D eigenvalue weighted by Crippen LogP contribution is 2.53. The van der Waals surface area contributed by atoms with Crippen LogP contribution in [0.3, 0.4) is 0 Å². The Labute approximate surface area is 348 Å². The van der Waals surface area contributed by atoms with E-state index in [4.69, 9.17) is 9.47 Å². The van der Waals surface area contributed by atoms with Crippen molar-refractivity contribution in [1.29, 1.82) is 0 Å². The lowest BCUT2D eigenvalue weighted by atomic mass is 9.85. The second-order valence-corrected chi connectivity index (χ2v) is 18.7. The number of aliphatic hydroxyl groups excluding tert-OH is 2. The summed E-state index contributed by atoms with van der Waals surface area (Å²) in [6.45, 7) is 1.44. The lowest BCUT2D eigenvalue weighted by molar-refractivity contribution is -0.128. The zero-order chi connectivity index (χ0) is 40.8. The first-order valence-corrected chi connectivity index (χ1v) is 23.0. The number of anilines is 1. The molecule has 5 unspecified atom stereocenters. The SMILES string of the molecule is COc1c(O)ccc2c1-c1ccc3ccc(O)cc3c1C1CCC(CC(O)CSS1)C(OC(NC1CCCCC1)c1ccc(NCC(C)=O)c(CO)c1)CC(=O)CC2. The summed E-state index contributed by atoms with van der Waals surface area (Å²) in [5.41, 5.74) is 5.67. The maximum Gasteiger partial charge on any atom is 0.168 e. The predicted molar refractivity (Wildman–Crippen MR) is 233 cm³/mol. The van der Waals surface area contributed by atoms with Gasteiger partial charge in [0, 0.05) is 46.7 Å². The van der Waals surface area contributed by atoms with E-state index in [-0.39, 0.29) is 66.3 Å². The Morgan fingerprint density at radius 2 is 1.78 bits per heavy atom. The molecule has 4 aromatic carbocycles. The number of Topliss-reactive ketones (excluding diaryl/α,β-unsaturated/α-hetero) is 2. The van der Waals surface area contributed by atoms with Crippen molar-refractivity contribution in [2.24, 2.45) is 5.92 Å². The van der Waals surface area contributed by atoms with Gasteiger partial charge < -0.3 is 35.2 Å². The third-order valence-corrected chi connectivity index (χ3v) is 14.8. The fourth-order valence-electron chi connectivity index (χ4n) is 9.00. The molecule has 12 heteroatoms. The summed E-state index contributed by atoms with van der Waals surface area (Å²) in [6.07, 6.45) is 6.33. The van der Waals surface area contributed by atoms with E-state index in [1.165, 1.54) is 13.3 Å². The molecule has 1 saturated carbocycles. The van der Waals surface area contributed by atoms with Crippen molar-refractivity contribution < 1.29 is 39.5 Å². The molecule has 3 aliphatic rings. The average molecular weight is 829 g/mol. The van der Waals surface area contributed by atoms with Gasteiger partial charge in [0.2, 0.25) is 0 Å². The van der Waals surface area contributed by atoms with Crippen LogP contribution in [0.25, 0.3) is 21.9 Å². The highest BCUT2D eigenvalue weighted by atomic mass is 33.1. The largest absolute Gasteiger partial charge is 0.508 e. The van der Waals surface area contributed by atoms with Gasteiger partial charge in [-0.25, -0.2) is 0 Å². The summed E-state index contributed by atoms with van der Waals surface area (Å²) in [7, 11) is 4.88. The number of carbonyl (C=O) groups excluding carboxylic acids is 2.